The zero-order chi connectivity index (χ0) is 20.7. The monoisotopic (exact) mass is 404 g/mol. The minimum absolute atomic E-state index is 0.0340. The second-order valence-electron chi connectivity index (χ2n) is 6.84. The van der Waals surface area contributed by atoms with Crippen LogP contribution < -0.4 is 10.0 Å². The third-order valence-electron chi connectivity index (χ3n) is 4.41. The quantitative estimate of drug-likeness (QED) is 0.656. The summed E-state index contributed by atoms with van der Waals surface area (Å²) in [6.45, 7) is 7.64. The van der Waals surface area contributed by atoms with Crippen LogP contribution in [0.2, 0.25) is 0 Å². The van der Waals surface area contributed by atoms with Gasteiger partial charge in [-0.2, -0.15) is 0 Å². The molecule has 0 aliphatic rings. The van der Waals surface area contributed by atoms with E-state index in [1.165, 1.54) is 12.1 Å². The number of aromatic nitrogens is 2. The number of rotatable bonds is 9. The lowest BCUT2D eigenvalue weighted by Crippen LogP contribution is -2.22. The van der Waals surface area contributed by atoms with E-state index in [4.69, 9.17) is 0 Å². The Hall–Kier alpha value is -2.48. The van der Waals surface area contributed by atoms with Gasteiger partial charge in [0.05, 0.1) is 4.90 Å². The highest BCUT2D eigenvalue weighted by atomic mass is 32.2. The van der Waals surface area contributed by atoms with E-state index in [2.05, 4.69) is 26.9 Å². The molecule has 0 fully saturated rings. The van der Waals surface area contributed by atoms with E-state index in [0.717, 1.165) is 25.7 Å². The molecular formula is C20H28N4O3S. The number of amides is 1. The van der Waals surface area contributed by atoms with Crippen molar-refractivity contribution >= 4 is 27.6 Å². The zero-order valence-corrected chi connectivity index (χ0v) is 17.6. The molecule has 1 atom stereocenters. The Labute approximate surface area is 167 Å². The number of sulfonamides is 1. The van der Waals surface area contributed by atoms with Gasteiger partial charge in [0.1, 0.15) is 0 Å². The van der Waals surface area contributed by atoms with Crippen molar-refractivity contribution in [3.8, 4) is 0 Å². The first-order valence-electron chi connectivity index (χ1n) is 9.51. The highest BCUT2D eigenvalue weighted by molar-refractivity contribution is 7.92. The van der Waals surface area contributed by atoms with Gasteiger partial charge in [0.2, 0.25) is 11.9 Å². The summed E-state index contributed by atoms with van der Waals surface area (Å²) in [6, 6.07) is 7.84. The van der Waals surface area contributed by atoms with Gasteiger partial charge >= 0.3 is 0 Å². The van der Waals surface area contributed by atoms with Crippen LogP contribution >= 0.6 is 0 Å². The topological polar surface area (TPSA) is 101 Å². The fourth-order valence-corrected chi connectivity index (χ4v) is 3.83. The molecular weight excluding hydrogens is 376 g/mol. The Balaban J connectivity index is 2.09. The van der Waals surface area contributed by atoms with Gasteiger partial charge in [0.25, 0.3) is 10.0 Å². The van der Waals surface area contributed by atoms with Crippen LogP contribution in [0, 0.1) is 19.8 Å². The molecule has 0 spiro atoms. The van der Waals surface area contributed by atoms with Crippen LogP contribution in [0.1, 0.15) is 50.9 Å². The number of nitrogens with zero attached hydrogens (tertiary/aromatic N) is 2. The van der Waals surface area contributed by atoms with Crippen LogP contribution in [-0.4, -0.2) is 24.3 Å². The maximum atomic E-state index is 12.6. The molecule has 0 aliphatic heterocycles. The van der Waals surface area contributed by atoms with Gasteiger partial charge < -0.3 is 5.32 Å². The van der Waals surface area contributed by atoms with Gasteiger partial charge in [-0.1, -0.05) is 26.7 Å². The van der Waals surface area contributed by atoms with Gasteiger partial charge in [-0.25, -0.2) is 23.1 Å². The van der Waals surface area contributed by atoms with Gasteiger partial charge in [0, 0.05) is 23.0 Å². The van der Waals surface area contributed by atoms with Crippen LogP contribution in [-0.2, 0) is 14.8 Å². The zero-order valence-electron chi connectivity index (χ0n) is 16.8. The van der Waals surface area contributed by atoms with Crippen molar-refractivity contribution in [1.29, 1.82) is 0 Å². The highest BCUT2D eigenvalue weighted by Gasteiger charge is 2.18. The lowest BCUT2D eigenvalue weighted by atomic mass is 9.98. The fourth-order valence-electron chi connectivity index (χ4n) is 2.88. The van der Waals surface area contributed by atoms with E-state index in [9.17, 15) is 13.2 Å². The third kappa shape index (κ3) is 6.02. The molecule has 1 unspecified atom stereocenters. The van der Waals surface area contributed by atoms with E-state index in [-0.39, 0.29) is 22.7 Å². The average Bonchev–Trinajstić information content (AvgIpc) is 2.61. The van der Waals surface area contributed by atoms with Crippen molar-refractivity contribution in [3.63, 3.8) is 0 Å². The number of aryl methyl sites for hydroxylation is 2. The minimum Gasteiger partial charge on any atom is -0.326 e. The lowest BCUT2D eigenvalue weighted by molar-refractivity contribution is -0.120. The summed E-state index contributed by atoms with van der Waals surface area (Å²) >= 11 is 0. The largest absolute Gasteiger partial charge is 0.326 e. The van der Waals surface area contributed by atoms with E-state index < -0.39 is 10.0 Å². The van der Waals surface area contributed by atoms with Gasteiger partial charge in [-0.05, 0) is 57.0 Å². The molecule has 1 aromatic heterocycles. The van der Waals surface area contributed by atoms with Gasteiger partial charge in [-0.3, -0.25) is 4.79 Å². The molecule has 1 heterocycles. The summed E-state index contributed by atoms with van der Waals surface area (Å²) in [4.78, 5) is 20.6. The number of unbranched alkanes of at least 4 members (excludes halogenated alkanes) is 1. The van der Waals surface area contributed by atoms with Crippen molar-refractivity contribution < 1.29 is 13.2 Å². The molecule has 2 aromatic rings. The number of benzene rings is 1. The third-order valence-corrected chi connectivity index (χ3v) is 5.75. The second-order valence-corrected chi connectivity index (χ2v) is 8.52. The summed E-state index contributed by atoms with van der Waals surface area (Å²) < 4.78 is 27.5. The number of carbonyl (C=O) groups is 1. The Morgan fingerprint density at radius 1 is 1.07 bits per heavy atom. The Morgan fingerprint density at radius 3 is 2.21 bits per heavy atom. The fraction of sp³-hybridized carbons (Fsp3) is 0.450. The Morgan fingerprint density at radius 2 is 1.68 bits per heavy atom. The van der Waals surface area contributed by atoms with Crippen molar-refractivity contribution in [2.24, 2.45) is 5.92 Å². The average molecular weight is 405 g/mol. The lowest BCUT2D eigenvalue weighted by Gasteiger charge is -2.15. The standard InChI is InChI=1S/C20H28N4O3S/c1-5-7-8-16(6-2)19(25)23-17-9-11-18(12-10-17)28(26,27)24-20-21-14(3)13-15(4)22-20/h9-13,16H,5-8H2,1-4H3,(H,23,25)(H,21,22,24). The number of carbonyl (C=O) groups excluding carboxylic acids is 1. The summed E-state index contributed by atoms with van der Waals surface area (Å²) in [5.41, 5.74) is 1.93. The number of hydrogen-bond acceptors (Lipinski definition) is 5. The van der Waals surface area contributed by atoms with Crippen LogP contribution in [0.5, 0.6) is 0 Å². The van der Waals surface area contributed by atoms with Crippen LogP contribution in [0.4, 0.5) is 11.6 Å². The summed E-state index contributed by atoms with van der Waals surface area (Å²) in [5, 5.41) is 2.87. The summed E-state index contributed by atoms with van der Waals surface area (Å²) in [7, 11) is -3.81. The molecule has 0 saturated carbocycles. The maximum Gasteiger partial charge on any atom is 0.264 e. The molecule has 1 amide bonds. The minimum atomic E-state index is -3.81. The first-order valence-corrected chi connectivity index (χ1v) is 11.0. The molecule has 0 aliphatic carbocycles. The number of anilines is 2. The van der Waals surface area contributed by atoms with E-state index in [1.807, 2.05) is 6.92 Å². The van der Waals surface area contributed by atoms with Crippen molar-refractivity contribution in [2.45, 2.75) is 58.3 Å². The molecule has 0 saturated heterocycles. The summed E-state index contributed by atoms with van der Waals surface area (Å²) in [6.07, 6.45) is 3.69. The molecule has 1 aromatic carbocycles. The Kier molecular flexibility index (Phi) is 7.51. The predicted molar refractivity (Wildman–Crippen MR) is 111 cm³/mol. The second kappa shape index (κ2) is 9.64. The van der Waals surface area contributed by atoms with E-state index in [1.54, 1.807) is 32.0 Å². The predicted octanol–water partition coefficient (Wildman–Crippen LogP) is 4.05. The van der Waals surface area contributed by atoms with Crippen molar-refractivity contribution in [3.05, 3.63) is 41.7 Å². The SMILES string of the molecule is CCCCC(CC)C(=O)Nc1ccc(S(=O)(=O)Nc2nc(C)cc(C)n2)cc1. The highest BCUT2D eigenvalue weighted by Crippen LogP contribution is 2.19. The Bertz CT molecular complexity index is 891. The molecule has 152 valence electrons. The summed E-state index contributed by atoms with van der Waals surface area (Å²) in [5.74, 6) is -0.0309. The first-order chi connectivity index (χ1) is 13.2. The van der Waals surface area contributed by atoms with Crippen LogP contribution in [0.15, 0.2) is 35.2 Å². The van der Waals surface area contributed by atoms with Crippen LogP contribution in [0.3, 0.4) is 0 Å². The molecule has 2 rings (SSSR count). The van der Waals surface area contributed by atoms with E-state index >= 15 is 0 Å². The van der Waals surface area contributed by atoms with Crippen molar-refractivity contribution in [1.82, 2.24) is 9.97 Å². The molecule has 28 heavy (non-hydrogen) atoms. The maximum absolute atomic E-state index is 12.6. The molecule has 0 bridgehead atoms. The smallest absolute Gasteiger partial charge is 0.264 e. The molecule has 0 radical (unpaired) electrons. The van der Waals surface area contributed by atoms with Gasteiger partial charge in [0.15, 0.2) is 0 Å². The normalized spacial score (nSPS) is 12.4. The first kappa shape index (κ1) is 21.8. The van der Waals surface area contributed by atoms with E-state index in [0.29, 0.717) is 17.1 Å². The molecule has 2 N–H and O–H groups in total. The van der Waals surface area contributed by atoms with Crippen molar-refractivity contribution in [2.75, 3.05) is 10.0 Å². The molecule has 8 heteroatoms. The number of hydrogen-bond donors (Lipinski definition) is 2. The van der Waals surface area contributed by atoms with Gasteiger partial charge in [-0.15, -0.1) is 0 Å². The molecule has 7 nitrogen and oxygen atoms in total. The van der Waals surface area contributed by atoms with Crippen LogP contribution in [0.25, 0.3) is 0 Å². The number of nitrogens with one attached hydrogen (secondary N) is 2.